The summed E-state index contributed by atoms with van der Waals surface area (Å²) in [6.07, 6.45) is -3.78. The molecule has 5 rings (SSSR count). The van der Waals surface area contributed by atoms with Crippen molar-refractivity contribution in [2.45, 2.75) is 30.1 Å². The average molecular weight is 672 g/mol. The lowest BCUT2D eigenvalue weighted by Crippen LogP contribution is -2.40. The zero-order chi connectivity index (χ0) is 29.1. The van der Waals surface area contributed by atoms with Gasteiger partial charge < -0.3 is 29.2 Å². The molecule has 3 N–H and O–H groups in total. The molecule has 0 radical (unpaired) electrons. The molecule has 0 bridgehead atoms. The second-order valence-electron chi connectivity index (χ2n) is 9.51. The molecule has 10 nitrogen and oxygen atoms in total. The third kappa shape index (κ3) is 5.55. The summed E-state index contributed by atoms with van der Waals surface area (Å²) in [5.74, 6) is 1.35. The van der Waals surface area contributed by atoms with Gasteiger partial charge in [0, 0.05) is 6.20 Å². The number of hydrogen-bond acceptors (Lipinski definition) is 8. The zero-order valence-electron chi connectivity index (χ0n) is 22.3. The largest absolute Gasteiger partial charge is 0.497 e. The van der Waals surface area contributed by atoms with Crippen molar-refractivity contribution in [3.05, 3.63) is 126 Å². The third-order valence-electron chi connectivity index (χ3n) is 7.17. The molecule has 1 aliphatic rings. The molecule has 2 heterocycles. The highest BCUT2D eigenvalue weighted by atomic mass is 127. The van der Waals surface area contributed by atoms with Gasteiger partial charge >= 0.3 is 5.69 Å². The highest BCUT2D eigenvalue weighted by molar-refractivity contribution is 14.1. The smallest absolute Gasteiger partial charge is 0.330 e. The predicted molar refractivity (Wildman–Crippen MR) is 158 cm³/mol. The summed E-state index contributed by atoms with van der Waals surface area (Å²) in [5.41, 5.74) is -0.104. The summed E-state index contributed by atoms with van der Waals surface area (Å²) >= 11 is 1.78. The molecule has 3 aromatic carbocycles. The number of aliphatic hydroxyl groups is 2. The number of hydrogen-bond donors (Lipinski definition) is 3. The summed E-state index contributed by atoms with van der Waals surface area (Å²) in [6.45, 7) is -0.156. The second-order valence-corrected chi connectivity index (χ2v) is 10.7. The van der Waals surface area contributed by atoms with Crippen LogP contribution in [-0.2, 0) is 15.1 Å². The van der Waals surface area contributed by atoms with Crippen molar-refractivity contribution in [2.75, 3.05) is 20.8 Å². The average Bonchev–Trinajstić information content (AvgIpc) is 3.29. The summed E-state index contributed by atoms with van der Waals surface area (Å²) in [4.78, 5) is 26.5. The van der Waals surface area contributed by atoms with E-state index in [0.29, 0.717) is 11.5 Å². The minimum atomic E-state index is -1.45. The van der Waals surface area contributed by atoms with E-state index in [1.807, 2.05) is 78.9 Å². The van der Waals surface area contributed by atoms with Crippen molar-refractivity contribution in [1.29, 1.82) is 0 Å². The fraction of sp³-hybridized carbons (Fsp3) is 0.267. The molecule has 0 spiro atoms. The molecule has 1 fully saturated rings. The minimum absolute atomic E-state index is 0.156. The van der Waals surface area contributed by atoms with Crippen molar-refractivity contribution in [3.63, 3.8) is 0 Å². The van der Waals surface area contributed by atoms with Gasteiger partial charge in [-0.15, -0.1) is 0 Å². The number of rotatable bonds is 9. The van der Waals surface area contributed by atoms with Crippen LogP contribution in [0.3, 0.4) is 0 Å². The molecule has 2 unspecified atom stereocenters. The fourth-order valence-corrected chi connectivity index (χ4v) is 5.46. The molecule has 214 valence electrons. The third-order valence-corrected chi connectivity index (χ3v) is 7.94. The van der Waals surface area contributed by atoms with Crippen LogP contribution < -0.4 is 20.7 Å². The molecule has 11 heteroatoms. The highest BCUT2D eigenvalue weighted by Crippen LogP contribution is 2.42. The van der Waals surface area contributed by atoms with Crippen molar-refractivity contribution in [2.24, 2.45) is 0 Å². The van der Waals surface area contributed by atoms with E-state index in [0.717, 1.165) is 21.3 Å². The molecule has 0 saturated carbocycles. The fourth-order valence-electron chi connectivity index (χ4n) is 5.03. The van der Waals surface area contributed by atoms with Crippen LogP contribution in [0.5, 0.6) is 11.5 Å². The Kier molecular flexibility index (Phi) is 8.61. The van der Waals surface area contributed by atoms with Gasteiger partial charge in [-0.1, -0.05) is 54.6 Å². The summed E-state index contributed by atoms with van der Waals surface area (Å²) in [6, 6.07) is 24.6. The SMILES string of the molecule is COc1ccc(C(OC[C@@H]2O[C@H](n3cc(I)c(=O)[nH]c3=O)C(O)C2O)(c2ccccc2)c2ccc(OC)cc2)cc1. The Labute approximate surface area is 249 Å². The van der Waals surface area contributed by atoms with Gasteiger partial charge in [0.15, 0.2) is 6.23 Å². The first kappa shape index (κ1) is 29.0. The molecule has 0 amide bonds. The van der Waals surface area contributed by atoms with Crippen LogP contribution in [0.1, 0.15) is 22.9 Å². The maximum Gasteiger partial charge on any atom is 0.330 e. The van der Waals surface area contributed by atoms with Crippen LogP contribution in [0.4, 0.5) is 0 Å². The van der Waals surface area contributed by atoms with Crippen molar-refractivity contribution in [1.82, 2.24) is 9.55 Å². The number of aromatic nitrogens is 2. The molecule has 4 aromatic rings. The molecular weight excluding hydrogens is 643 g/mol. The Balaban J connectivity index is 1.56. The summed E-state index contributed by atoms with van der Waals surface area (Å²) in [5, 5.41) is 21.8. The zero-order valence-corrected chi connectivity index (χ0v) is 24.4. The van der Waals surface area contributed by atoms with Gasteiger partial charge in [-0.05, 0) is 63.5 Å². The first-order valence-corrected chi connectivity index (χ1v) is 13.9. The maximum absolute atomic E-state index is 12.5. The number of nitrogens with one attached hydrogen (secondary N) is 1. The summed E-state index contributed by atoms with van der Waals surface area (Å²) in [7, 11) is 3.18. The van der Waals surface area contributed by atoms with E-state index >= 15 is 0 Å². The molecule has 41 heavy (non-hydrogen) atoms. The van der Waals surface area contributed by atoms with Crippen LogP contribution in [0, 0.1) is 3.57 Å². The first-order valence-electron chi connectivity index (χ1n) is 12.8. The second kappa shape index (κ2) is 12.2. The van der Waals surface area contributed by atoms with Crippen LogP contribution in [-0.4, -0.2) is 58.9 Å². The Morgan fingerprint density at radius 1 is 0.854 bits per heavy atom. The number of benzene rings is 3. The number of halogens is 1. The van der Waals surface area contributed by atoms with E-state index < -0.39 is 41.4 Å². The summed E-state index contributed by atoms with van der Waals surface area (Å²) < 4.78 is 24.8. The topological polar surface area (TPSA) is 132 Å². The monoisotopic (exact) mass is 672 g/mol. The van der Waals surface area contributed by atoms with E-state index in [9.17, 15) is 19.8 Å². The first-order chi connectivity index (χ1) is 19.8. The van der Waals surface area contributed by atoms with Gasteiger partial charge in [-0.2, -0.15) is 0 Å². The molecule has 1 aromatic heterocycles. The highest BCUT2D eigenvalue weighted by Gasteiger charge is 2.46. The van der Waals surface area contributed by atoms with E-state index in [1.165, 1.54) is 6.20 Å². The Bertz CT molecular complexity index is 1540. The van der Waals surface area contributed by atoms with E-state index in [1.54, 1.807) is 36.8 Å². The molecular formula is C30H29IN2O8. The van der Waals surface area contributed by atoms with E-state index in [2.05, 4.69) is 4.98 Å². The van der Waals surface area contributed by atoms with Gasteiger partial charge in [0.1, 0.15) is 35.4 Å². The Morgan fingerprint density at radius 2 is 1.39 bits per heavy atom. The lowest BCUT2D eigenvalue weighted by atomic mass is 9.80. The van der Waals surface area contributed by atoms with E-state index in [4.69, 9.17) is 18.9 Å². The lowest BCUT2D eigenvalue weighted by molar-refractivity contribution is -0.0959. The number of ether oxygens (including phenoxy) is 4. The Hall–Kier alpha value is -3.49. The standard InChI is InChI=1S/C30H29IN2O8/c1-38-21-12-8-19(9-13-21)30(18-6-4-3-5-7-18,20-10-14-22(39-2)15-11-20)40-17-24-25(34)26(35)28(41-24)33-16-23(31)27(36)32-29(33)37/h3-16,24-26,28,34-35H,17H2,1-2H3,(H,32,36,37)/t24-,25?,26?,28-/m0/s1. The molecule has 0 aliphatic carbocycles. The number of aromatic amines is 1. The van der Waals surface area contributed by atoms with Crippen LogP contribution in [0.25, 0.3) is 0 Å². The molecule has 1 aliphatic heterocycles. The van der Waals surface area contributed by atoms with Gasteiger partial charge in [0.2, 0.25) is 0 Å². The number of methoxy groups -OCH3 is 2. The van der Waals surface area contributed by atoms with Crippen LogP contribution in [0.2, 0.25) is 0 Å². The molecule has 1 saturated heterocycles. The van der Waals surface area contributed by atoms with E-state index in [-0.39, 0.29) is 10.2 Å². The van der Waals surface area contributed by atoms with Crippen LogP contribution >= 0.6 is 22.6 Å². The van der Waals surface area contributed by atoms with Gasteiger partial charge in [-0.3, -0.25) is 14.3 Å². The number of aliphatic hydroxyl groups excluding tert-OH is 2. The van der Waals surface area contributed by atoms with Crippen LogP contribution in [0.15, 0.2) is 94.6 Å². The number of H-pyrrole nitrogens is 1. The quantitative estimate of drug-likeness (QED) is 0.183. The maximum atomic E-state index is 12.5. The normalized spacial score (nSPS) is 20.6. The molecule has 4 atom stereocenters. The minimum Gasteiger partial charge on any atom is -0.497 e. The van der Waals surface area contributed by atoms with Crippen molar-refractivity contribution < 1.29 is 29.2 Å². The van der Waals surface area contributed by atoms with Gasteiger partial charge in [0.05, 0.1) is 24.4 Å². The van der Waals surface area contributed by atoms with Crippen molar-refractivity contribution in [3.8, 4) is 11.5 Å². The lowest BCUT2D eigenvalue weighted by Gasteiger charge is -2.37. The van der Waals surface area contributed by atoms with Crippen molar-refractivity contribution >= 4 is 22.6 Å². The van der Waals surface area contributed by atoms with Gasteiger partial charge in [-0.25, -0.2) is 4.79 Å². The van der Waals surface area contributed by atoms with Gasteiger partial charge in [0.25, 0.3) is 5.56 Å². The number of nitrogens with zero attached hydrogens (tertiary/aromatic N) is 1. The Morgan fingerprint density at radius 3 is 1.93 bits per heavy atom. The predicted octanol–water partition coefficient (Wildman–Crippen LogP) is 2.79.